The number of aromatic nitrogens is 3. The zero-order valence-electron chi connectivity index (χ0n) is 17.5. The minimum absolute atomic E-state index is 0.00834. The van der Waals surface area contributed by atoms with Crippen molar-refractivity contribution in [2.24, 2.45) is 0 Å². The molecule has 7 nitrogen and oxygen atoms in total. The van der Waals surface area contributed by atoms with Gasteiger partial charge < -0.3 is 15.5 Å². The number of nitrogens with zero attached hydrogens (tertiary/aromatic N) is 3. The Balaban J connectivity index is 1.64. The Hall–Kier alpha value is -2.92. The van der Waals surface area contributed by atoms with Gasteiger partial charge in [0, 0.05) is 5.69 Å². The smallest absolute Gasteiger partial charge is 0.417 e. The molecule has 1 amide bonds. The van der Waals surface area contributed by atoms with Crippen molar-refractivity contribution in [1.82, 2.24) is 14.9 Å². The van der Waals surface area contributed by atoms with Crippen molar-refractivity contribution in [3.05, 3.63) is 64.4 Å². The molecule has 4 rings (SSSR count). The molecule has 1 aliphatic heterocycles. The Morgan fingerprint density at radius 3 is 2.64 bits per heavy atom. The third-order valence-corrected chi connectivity index (χ3v) is 6.49. The summed E-state index contributed by atoms with van der Waals surface area (Å²) in [7, 11) is 0. The zero-order chi connectivity index (χ0) is 23.8. The van der Waals surface area contributed by atoms with Gasteiger partial charge in [0.15, 0.2) is 0 Å². The van der Waals surface area contributed by atoms with Crippen molar-refractivity contribution in [3.8, 4) is 5.75 Å². The van der Waals surface area contributed by atoms with E-state index in [2.05, 4.69) is 20.9 Å². The van der Waals surface area contributed by atoms with Gasteiger partial charge in [-0.1, -0.05) is 35.5 Å². The van der Waals surface area contributed by atoms with E-state index in [0.29, 0.717) is 23.3 Å². The second kappa shape index (κ2) is 9.14. The Morgan fingerprint density at radius 1 is 1.24 bits per heavy atom. The number of benzene rings is 2. The summed E-state index contributed by atoms with van der Waals surface area (Å²) in [6.45, 7) is 4.17. The first-order valence-electron chi connectivity index (χ1n) is 9.93. The van der Waals surface area contributed by atoms with Crippen LogP contribution in [0.3, 0.4) is 0 Å². The lowest BCUT2D eigenvalue weighted by molar-refractivity contribution is -0.137. The third kappa shape index (κ3) is 4.88. The summed E-state index contributed by atoms with van der Waals surface area (Å²) in [5.74, 6) is 0.807. The van der Waals surface area contributed by atoms with E-state index in [1.54, 1.807) is 23.7 Å². The molecule has 33 heavy (non-hydrogen) atoms. The van der Waals surface area contributed by atoms with E-state index in [0.717, 1.165) is 17.7 Å². The number of nitrogens with one attached hydrogen (secondary N) is 2. The van der Waals surface area contributed by atoms with E-state index in [9.17, 15) is 18.0 Å². The van der Waals surface area contributed by atoms with Gasteiger partial charge in [0.1, 0.15) is 16.8 Å². The largest absolute Gasteiger partial charge is 0.494 e. The van der Waals surface area contributed by atoms with E-state index in [-0.39, 0.29) is 5.69 Å². The van der Waals surface area contributed by atoms with Crippen molar-refractivity contribution in [1.29, 1.82) is 0 Å². The number of halogens is 4. The van der Waals surface area contributed by atoms with Crippen LogP contribution >= 0.6 is 23.4 Å². The van der Waals surface area contributed by atoms with Crippen LogP contribution in [0.4, 0.5) is 18.9 Å². The number of alkyl halides is 3. The Bertz CT molecular complexity index is 1170. The van der Waals surface area contributed by atoms with Gasteiger partial charge in [-0.25, -0.2) is 4.68 Å². The maximum Gasteiger partial charge on any atom is 0.417 e. The molecule has 3 aromatic rings. The molecule has 0 saturated carbocycles. The van der Waals surface area contributed by atoms with Gasteiger partial charge in [-0.3, -0.25) is 4.79 Å². The highest BCUT2D eigenvalue weighted by Gasteiger charge is 2.38. The monoisotopic (exact) mass is 497 g/mol. The van der Waals surface area contributed by atoms with Gasteiger partial charge in [0.2, 0.25) is 11.1 Å². The average Bonchev–Trinajstić information content (AvgIpc) is 3.14. The molecule has 1 aliphatic rings. The fraction of sp³-hybridized carbons (Fsp3) is 0.286. The van der Waals surface area contributed by atoms with Crippen LogP contribution in [0, 0.1) is 6.92 Å². The highest BCUT2D eigenvalue weighted by atomic mass is 35.5. The van der Waals surface area contributed by atoms with E-state index in [4.69, 9.17) is 16.3 Å². The van der Waals surface area contributed by atoms with Crippen molar-refractivity contribution in [2.75, 3.05) is 17.3 Å². The maximum absolute atomic E-state index is 13.2. The summed E-state index contributed by atoms with van der Waals surface area (Å²) < 4.78 is 46.8. The highest BCUT2D eigenvalue weighted by Crippen LogP contribution is 2.39. The lowest BCUT2D eigenvalue weighted by Crippen LogP contribution is -2.41. The van der Waals surface area contributed by atoms with Crippen molar-refractivity contribution < 1.29 is 22.7 Å². The molecule has 0 fully saturated rings. The molecule has 2 aromatic carbocycles. The number of ether oxygens (including phenoxy) is 1. The number of rotatable bonds is 5. The first-order chi connectivity index (χ1) is 15.7. The van der Waals surface area contributed by atoms with E-state index >= 15 is 0 Å². The molecule has 2 N–H and O–H groups in total. The van der Waals surface area contributed by atoms with Crippen molar-refractivity contribution >= 4 is 35.0 Å². The van der Waals surface area contributed by atoms with Crippen LogP contribution in [0.2, 0.25) is 5.02 Å². The van der Waals surface area contributed by atoms with E-state index < -0.39 is 34.0 Å². The van der Waals surface area contributed by atoms with Gasteiger partial charge in [-0.15, -0.1) is 10.2 Å². The number of fused-ring (bicyclic) bond motifs is 1. The van der Waals surface area contributed by atoms with Crippen LogP contribution in [0.5, 0.6) is 5.75 Å². The second-order valence-electron chi connectivity index (χ2n) is 7.19. The SMILES string of the molecule is CCOc1ccc([C@H]2Nn3c(C)nnc3S[C@@H]2C(=O)Nc2ccc(Cl)c(C(F)(F)F)c2)cc1. The molecule has 1 aromatic heterocycles. The minimum atomic E-state index is -4.64. The average molecular weight is 498 g/mol. The van der Waals surface area contributed by atoms with Gasteiger partial charge >= 0.3 is 6.18 Å². The van der Waals surface area contributed by atoms with Crippen LogP contribution in [0.1, 0.15) is 29.9 Å². The molecule has 0 radical (unpaired) electrons. The van der Waals surface area contributed by atoms with E-state index in [1.165, 1.54) is 17.8 Å². The maximum atomic E-state index is 13.2. The second-order valence-corrected chi connectivity index (χ2v) is 8.71. The van der Waals surface area contributed by atoms with Crippen LogP contribution in [0.15, 0.2) is 47.6 Å². The van der Waals surface area contributed by atoms with Gasteiger partial charge in [0.05, 0.1) is 23.2 Å². The Kier molecular flexibility index (Phi) is 6.44. The molecule has 0 spiro atoms. The van der Waals surface area contributed by atoms with Crippen LogP contribution < -0.4 is 15.5 Å². The van der Waals surface area contributed by atoms with Crippen LogP contribution in [-0.2, 0) is 11.0 Å². The highest BCUT2D eigenvalue weighted by molar-refractivity contribution is 8.00. The minimum Gasteiger partial charge on any atom is -0.494 e. The number of aryl methyl sites for hydroxylation is 1. The molecule has 2 atom stereocenters. The molecule has 0 saturated heterocycles. The molecular weight excluding hydrogens is 479 g/mol. The molecule has 2 heterocycles. The predicted octanol–water partition coefficient (Wildman–Crippen LogP) is 5.06. The van der Waals surface area contributed by atoms with Crippen molar-refractivity contribution in [2.45, 2.75) is 36.5 Å². The van der Waals surface area contributed by atoms with Crippen LogP contribution in [0.25, 0.3) is 0 Å². The summed E-state index contributed by atoms with van der Waals surface area (Å²) in [5.41, 5.74) is 3.00. The van der Waals surface area contributed by atoms with Crippen molar-refractivity contribution in [3.63, 3.8) is 0 Å². The number of carbonyl (C=O) groups excluding carboxylic acids is 1. The molecular formula is C21H19ClF3N5O2S. The van der Waals surface area contributed by atoms with Gasteiger partial charge in [-0.05, 0) is 49.7 Å². The summed E-state index contributed by atoms with van der Waals surface area (Å²) in [6.07, 6.45) is -4.64. The molecule has 0 unspecified atom stereocenters. The third-order valence-electron chi connectivity index (χ3n) is 4.95. The first kappa shape index (κ1) is 23.2. The Labute approximate surface area is 196 Å². The number of thioether (sulfide) groups is 1. The standard InChI is InChI=1S/C21H19ClF3N5O2S/c1-3-32-14-7-4-12(5-8-14)17-18(33-20-28-27-11(2)30(20)29-17)19(31)26-13-6-9-16(22)15(10-13)21(23,24)25/h4-10,17-18,29H,3H2,1-2H3,(H,26,31)/t17-,18+/m1/s1. The zero-order valence-corrected chi connectivity index (χ0v) is 19.1. The fourth-order valence-corrected chi connectivity index (χ4v) is 4.73. The van der Waals surface area contributed by atoms with Gasteiger partial charge in [0.25, 0.3) is 0 Å². The number of anilines is 1. The van der Waals surface area contributed by atoms with E-state index in [1.807, 2.05) is 19.1 Å². The first-order valence-corrected chi connectivity index (χ1v) is 11.2. The molecule has 12 heteroatoms. The van der Waals surface area contributed by atoms with Crippen LogP contribution in [-0.4, -0.2) is 32.6 Å². The summed E-state index contributed by atoms with van der Waals surface area (Å²) in [4.78, 5) is 13.2. The topological polar surface area (TPSA) is 81.1 Å². The number of hydrogen-bond donors (Lipinski definition) is 2. The van der Waals surface area contributed by atoms with Gasteiger partial charge in [-0.2, -0.15) is 13.2 Å². The molecule has 174 valence electrons. The summed E-state index contributed by atoms with van der Waals surface area (Å²) in [6, 6.07) is 10.00. The lowest BCUT2D eigenvalue weighted by atomic mass is 10.0. The number of amides is 1. The summed E-state index contributed by atoms with van der Waals surface area (Å²) >= 11 is 6.86. The normalized spacial score (nSPS) is 17.8. The fourth-order valence-electron chi connectivity index (χ4n) is 3.38. The number of carbonyl (C=O) groups is 1. The lowest BCUT2D eigenvalue weighted by Gasteiger charge is -2.32. The summed E-state index contributed by atoms with van der Waals surface area (Å²) in [5, 5.41) is 9.96. The molecule has 0 aliphatic carbocycles. The Morgan fingerprint density at radius 2 is 1.97 bits per heavy atom. The molecule has 0 bridgehead atoms. The predicted molar refractivity (Wildman–Crippen MR) is 119 cm³/mol. The quantitative estimate of drug-likeness (QED) is 0.513. The number of hydrogen-bond acceptors (Lipinski definition) is 6.